The van der Waals surface area contributed by atoms with E-state index in [1.165, 1.54) is 21.4 Å². The highest BCUT2D eigenvalue weighted by molar-refractivity contribution is 14.2. The second-order valence-corrected chi connectivity index (χ2v) is 5.64. The monoisotopic (exact) mass is 405 g/mol. The van der Waals surface area contributed by atoms with Crippen LogP contribution in [0.3, 0.4) is 0 Å². The minimum absolute atomic E-state index is 0.190. The fourth-order valence-electron chi connectivity index (χ4n) is 1.91. The molecule has 0 saturated heterocycles. The molecule has 9 heteroatoms. The smallest absolute Gasteiger partial charge is 0.185 e. The van der Waals surface area contributed by atoms with Crippen LogP contribution in [0.2, 0.25) is 0 Å². The number of rotatable bonds is 2. The van der Waals surface area contributed by atoms with Crippen molar-refractivity contribution in [3.05, 3.63) is 36.2 Å². The Bertz CT molecular complexity index is 807. The number of nitrogen functional groups attached to an aromatic ring is 1. The van der Waals surface area contributed by atoms with E-state index < -0.39 is 11.6 Å². The van der Waals surface area contributed by atoms with E-state index in [1.54, 1.807) is 10.2 Å². The lowest BCUT2D eigenvalue weighted by Crippen LogP contribution is -1.97. The van der Waals surface area contributed by atoms with Gasteiger partial charge < -0.3 is 5.73 Å². The van der Waals surface area contributed by atoms with Crippen LogP contribution in [0.5, 0.6) is 0 Å². The van der Waals surface area contributed by atoms with Gasteiger partial charge >= 0.3 is 0 Å². The molecule has 0 aliphatic rings. The fraction of sp³-hybridized carbons (Fsp3) is 0. The summed E-state index contributed by atoms with van der Waals surface area (Å²) in [7, 11) is 1.26. The average Bonchev–Trinajstić information content (AvgIpc) is 2.77. The van der Waals surface area contributed by atoms with Crippen molar-refractivity contribution in [1.82, 2.24) is 19.2 Å². The molecule has 5 nitrogen and oxygen atoms in total. The number of fused-ring (bicyclic) bond motifs is 1. The molecule has 0 saturated carbocycles. The van der Waals surface area contributed by atoms with E-state index in [9.17, 15) is 8.78 Å². The third-order valence-corrected chi connectivity index (χ3v) is 4.39. The van der Waals surface area contributed by atoms with Crippen molar-refractivity contribution in [3.8, 4) is 11.4 Å². The molecule has 0 bridgehead atoms. The van der Waals surface area contributed by atoms with Crippen molar-refractivity contribution in [2.75, 3.05) is 5.73 Å². The lowest BCUT2D eigenvalue weighted by atomic mass is 10.1. The second-order valence-electron chi connectivity index (χ2n) is 3.93. The Morgan fingerprint density at radius 1 is 1.30 bits per heavy atom. The van der Waals surface area contributed by atoms with Crippen LogP contribution in [0.4, 0.5) is 14.6 Å². The first-order valence-corrected chi connectivity index (χ1v) is 8.66. The molecule has 0 amide bonds. The molecule has 3 rings (SSSR count). The Morgan fingerprint density at radius 3 is 2.80 bits per heavy atom. The largest absolute Gasteiger partial charge is 0.382 e. The van der Waals surface area contributed by atoms with Crippen molar-refractivity contribution in [3.63, 3.8) is 0 Å². The van der Waals surface area contributed by atoms with Gasteiger partial charge in [-0.2, -0.15) is 5.10 Å². The molecule has 2 N–H and O–H groups in total. The van der Waals surface area contributed by atoms with Crippen molar-refractivity contribution in [1.29, 1.82) is 0 Å². The zero-order valence-corrected chi connectivity index (χ0v) is 12.7. The highest BCUT2D eigenvalue weighted by atomic mass is 127. The number of anilines is 1. The van der Waals surface area contributed by atoms with Gasteiger partial charge in [0.05, 0.1) is 11.7 Å². The topological polar surface area (TPSA) is 69.6 Å². The number of aromatic nitrogens is 4. The normalized spacial score (nSPS) is 11.2. The molecule has 20 heavy (non-hydrogen) atoms. The van der Waals surface area contributed by atoms with E-state index in [2.05, 4.69) is 15.2 Å². The Hall–Kier alpha value is -1.49. The summed E-state index contributed by atoms with van der Waals surface area (Å²) in [6.45, 7) is 0. The molecule has 2 aromatic heterocycles. The first-order valence-electron chi connectivity index (χ1n) is 5.35. The molecule has 0 unspecified atom stereocenters. The van der Waals surface area contributed by atoms with Crippen LogP contribution in [0, 0.1) is 11.6 Å². The molecule has 0 aliphatic carbocycles. The molecule has 102 valence electrons. The van der Waals surface area contributed by atoms with Crippen molar-refractivity contribution in [2.45, 2.75) is 0 Å². The predicted octanol–water partition coefficient (Wildman–Crippen LogP) is 3.20. The van der Waals surface area contributed by atoms with E-state index in [1.807, 2.05) is 21.2 Å². The highest BCUT2D eigenvalue weighted by Gasteiger charge is 2.17. The van der Waals surface area contributed by atoms with E-state index in [4.69, 9.17) is 5.73 Å². The van der Waals surface area contributed by atoms with Crippen molar-refractivity contribution in [2.24, 2.45) is 0 Å². The van der Waals surface area contributed by atoms with Gasteiger partial charge in [-0.15, -0.1) is 5.10 Å². The summed E-state index contributed by atoms with van der Waals surface area (Å²) in [5, 5.41) is 7.93. The van der Waals surface area contributed by atoms with Gasteiger partial charge in [0.15, 0.2) is 11.6 Å². The number of benzene rings is 1. The Labute approximate surface area is 128 Å². The number of nitrogens with zero attached hydrogens (tertiary/aromatic N) is 4. The summed E-state index contributed by atoms with van der Waals surface area (Å²) in [4.78, 5) is 4.03. The third-order valence-electron chi connectivity index (χ3n) is 2.68. The van der Waals surface area contributed by atoms with Crippen LogP contribution in [-0.2, 0) is 0 Å². The molecule has 0 radical (unpaired) electrons. The maximum atomic E-state index is 13.9. The summed E-state index contributed by atoms with van der Waals surface area (Å²) in [6, 6.07) is 2.08. The van der Waals surface area contributed by atoms with Crippen LogP contribution >= 0.6 is 30.3 Å². The Balaban J connectivity index is 2.36. The molecule has 0 aliphatic heterocycles. The van der Waals surface area contributed by atoms with E-state index in [-0.39, 0.29) is 17.2 Å². The van der Waals surface area contributed by atoms with Gasteiger partial charge in [-0.1, -0.05) is 0 Å². The zero-order valence-electron chi connectivity index (χ0n) is 9.72. The van der Waals surface area contributed by atoms with Gasteiger partial charge in [0.25, 0.3) is 0 Å². The molecular formula is C11H6F2IN5S. The number of nitrogens with two attached hydrogens (primary N) is 1. The number of hydrogen-bond acceptors (Lipinski definition) is 5. The Morgan fingerprint density at radius 2 is 2.10 bits per heavy atom. The molecule has 3 aromatic rings. The van der Waals surface area contributed by atoms with Gasteiger partial charge in [0, 0.05) is 53.5 Å². The standard InChI is InChI=1S/C11H6F2IN5S/c12-5-1-6-7(11-17-9(15)3-16-18-11)4-19(20-14)10(6)8(13)2-5/h1-4H,(H2,15,17,18). The first kappa shape index (κ1) is 13.5. The Kier molecular flexibility index (Phi) is 3.46. The summed E-state index contributed by atoms with van der Waals surface area (Å²) >= 11 is 2.00. The third kappa shape index (κ3) is 2.20. The number of halogens is 3. The minimum atomic E-state index is -0.663. The summed E-state index contributed by atoms with van der Waals surface area (Å²) in [6.07, 6.45) is 2.93. The quantitative estimate of drug-likeness (QED) is 0.664. The van der Waals surface area contributed by atoms with Crippen molar-refractivity contribution < 1.29 is 8.78 Å². The lowest BCUT2D eigenvalue weighted by molar-refractivity contribution is 0.590. The molecular weight excluding hydrogens is 399 g/mol. The summed E-state index contributed by atoms with van der Waals surface area (Å²) in [5.74, 6) is -0.893. The van der Waals surface area contributed by atoms with Gasteiger partial charge in [0.1, 0.15) is 11.6 Å². The van der Waals surface area contributed by atoms with Gasteiger partial charge in [-0.25, -0.2) is 13.8 Å². The molecule has 1 aromatic carbocycles. The molecule has 0 atom stereocenters. The van der Waals surface area contributed by atoms with Crippen LogP contribution in [0.15, 0.2) is 24.5 Å². The fourth-order valence-corrected chi connectivity index (χ4v) is 3.24. The zero-order chi connectivity index (χ0) is 14.3. The minimum Gasteiger partial charge on any atom is -0.382 e. The van der Waals surface area contributed by atoms with E-state index in [0.29, 0.717) is 10.9 Å². The summed E-state index contributed by atoms with van der Waals surface area (Å²) in [5.41, 5.74) is 6.31. The van der Waals surface area contributed by atoms with Crippen LogP contribution < -0.4 is 5.73 Å². The maximum absolute atomic E-state index is 13.9. The van der Waals surface area contributed by atoms with Crippen LogP contribution in [0.25, 0.3) is 22.3 Å². The number of hydrogen-bond donors (Lipinski definition) is 1. The first-order chi connectivity index (χ1) is 9.60. The second kappa shape index (κ2) is 5.13. The van der Waals surface area contributed by atoms with Gasteiger partial charge in [-0.05, 0) is 6.07 Å². The molecule has 0 spiro atoms. The van der Waals surface area contributed by atoms with E-state index in [0.717, 1.165) is 6.07 Å². The maximum Gasteiger partial charge on any atom is 0.185 e. The SMILES string of the molecule is Nc1cnnc(-c2cn(SI)c3c(F)cc(F)cc23)n1. The van der Waals surface area contributed by atoms with E-state index >= 15 is 0 Å². The highest BCUT2D eigenvalue weighted by Crippen LogP contribution is 2.35. The summed E-state index contributed by atoms with van der Waals surface area (Å²) < 4.78 is 29.0. The van der Waals surface area contributed by atoms with Crippen molar-refractivity contribution >= 4 is 47.0 Å². The van der Waals surface area contributed by atoms with Crippen LogP contribution in [0.1, 0.15) is 0 Å². The van der Waals surface area contributed by atoms with Gasteiger partial charge in [-0.3, -0.25) is 3.97 Å². The predicted molar refractivity (Wildman–Crippen MR) is 82.1 cm³/mol. The molecule has 0 fully saturated rings. The lowest BCUT2D eigenvalue weighted by Gasteiger charge is -2.00. The van der Waals surface area contributed by atoms with Crippen LogP contribution in [-0.4, -0.2) is 19.2 Å². The molecule has 2 heterocycles. The average molecular weight is 405 g/mol. The van der Waals surface area contributed by atoms with Gasteiger partial charge in [0.2, 0.25) is 0 Å².